The van der Waals surface area contributed by atoms with Gasteiger partial charge in [-0.25, -0.2) is 18.1 Å². The van der Waals surface area contributed by atoms with E-state index in [0.717, 1.165) is 5.56 Å². The van der Waals surface area contributed by atoms with Crippen LogP contribution in [0.25, 0.3) is 0 Å². The summed E-state index contributed by atoms with van der Waals surface area (Å²) in [4.78, 5) is 8.43. The Bertz CT molecular complexity index is 837. The second kappa shape index (κ2) is 5.58. The zero-order chi connectivity index (χ0) is 15.7. The molecule has 1 aliphatic rings. The van der Waals surface area contributed by atoms with Crippen molar-refractivity contribution in [3.63, 3.8) is 0 Å². The van der Waals surface area contributed by atoms with Gasteiger partial charge in [-0.1, -0.05) is 11.6 Å². The molecule has 0 fully saturated rings. The lowest BCUT2D eigenvalue weighted by molar-refractivity contribution is 0.591. The smallest absolute Gasteiger partial charge is 0.266 e. The highest BCUT2D eigenvalue weighted by atomic mass is 35.5. The fourth-order valence-electron chi connectivity index (χ4n) is 2.13. The van der Waals surface area contributed by atoms with E-state index in [1.807, 2.05) is 19.1 Å². The number of benzene rings is 1. The highest BCUT2D eigenvalue weighted by Crippen LogP contribution is 2.28. The standard InChI is InChI=1S/C14H13ClN4O2S/c1-9(10-4-6-16-7-5-10)17-14-18-12-3-2-11(15)8-13(12)22(20,21)19-14/h2-9H,1H3,(H2,17,18,19). The van der Waals surface area contributed by atoms with E-state index in [4.69, 9.17) is 11.6 Å². The minimum Gasteiger partial charge on any atom is -0.324 e. The van der Waals surface area contributed by atoms with Crippen LogP contribution in [-0.4, -0.2) is 19.4 Å². The summed E-state index contributed by atoms with van der Waals surface area (Å²) < 4.78 is 26.9. The van der Waals surface area contributed by atoms with Crippen LogP contribution in [0.5, 0.6) is 0 Å². The second-order valence-electron chi connectivity index (χ2n) is 4.81. The van der Waals surface area contributed by atoms with E-state index in [0.29, 0.717) is 10.7 Å². The molecule has 2 N–H and O–H groups in total. The van der Waals surface area contributed by atoms with Crippen LogP contribution in [0, 0.1) is 0 Å². The van der Waals surface area contributed by atoms with Gasteiger partial charge in [0.05, 0.1) is 11.7 Å². The molecule has 1 aromatic carbocycles. The zero-order valence-electron chi connectivity index (χ0n) is 11.6. The van der Waals surface area contributed by atoms with Crippen molar-refractivity contribution in [3.05, 3.63) is 53.3 Å². The van der Waals surface area contributed by atoms with Crippen molar-refractivity contribution in [2.75, 3.05) is 5.32 Å². The van der Waals surface area contributed by atoms with Gasteiger partial charge in [-0.15, -0.1) is 0 Å². The molecule has 1 atom stereocenters. The Labute approximate surface area is 133 Å². The van der Waals surface area contributed by atoms with Crippen molar-refractivity contribution in [3.8, 4) is 0 Å². The summed E-state index contributed by atoms with van der Waals surface area (Å²) in [5, 5.41) is 3.32. The number of rotatable bonds is 2. The van der Waals surface area contributed by atoms with Crippen LogP contribution < -0.4 is 10.0 Å². The number of fused-ring (bicyclic) bond motifs is 1. The van der Waals surface area contributed by atoms with Gasteiger partial charge in [-0.3, -0.25) is 4.98 Å². The Morgan fingerprint density at radius 1 is 1.23 bits per heavy atom. The number of guanidine groups is 1. The molecule has 2 heterocycles. The molecule has 6 nitrogen and oxygen atoms in total. The highest BCUT2D eigenvalue weighted by molar-refractivity contribution is 7.90. The summed E-state index contributed by atoms with van der Waals surface area (Å²) in [7, 11) is -3.68. The fourth-order valence-corrected chi connectivity index (χ4v) is 3.52. The summed E-state index contributed by atoms with van der Waals surface area (Å²) in [6, 6.07) is 8.08. The number of anilines is 1. The molecule has 0 spiro atoms. The maximum atomic E-state index is 12.3. The molecule has 0 saturated carbocycles. The average Bonchev–Trinajstić information content (AvgIpc) is 2.48. The Morgan fingerprint density at radius 2 is 1.95 bits per heavy atom. The van der Waals surface area contributed by atoms with Gasteiger partial charge >= 0.3 is 0 Å². The van der Waals surface area contributed by atoms with E-state index in [1.54, 1.807) is 24.5 Å². The van der Waals surface area contributed by atoms with Crippen LogP contribution in [0.4, 0.5) is 5.69 Å². The first-order chi connectivity index (χ1) is 10.5. The first-order valence-electron chi connectivity index (χ1n) is 6.53. The predicted octanol–water partition coefficient (Wildman–Crippen LogP) is 2.56. The Kier molecular flexibility index (Phi) is 3.76. The highest BCUT2D eigenvalue weighted by Gasteiger charge is 2.27. The van der Waals surface area contributed by atoms with Gasteiger partial charge in [-0.2, -0.15) is 0 Å². The van der Waals surface area contributed by atoms with Crippen molar-refractivity contribution in [2.24, 2.45) is 4.99 Å². The quantitative estimate of drug-likeness (QED) is 0.882. The van der Waals surface area contributed by atoms with Crippen molar-refractivity contribution >= 4 is 33.3 Å². The molecule has 114 valence electrons. The normalized spacial score (nSPS) is 18.9. The molecule has 8 heteroatoms. The minimum absolute atomic E-state index is 0.107. The molecule has 0 saturated heterocycles. The molecular weight excluding hydrogens is 324 g/mol. The first-order valence-corrected chi connectivity index (χ1v) is 8.39. The Balaban J connectivity index is 1.95. The van der Waals surface area contributed by atoms with Gasteiger partial charge in [0.1, 0.15) is 4.90 Å². The van der Waals surface area contributed by atoms with E-state index in [1.165, 1.54) is 6.07 Å². The predicted molar refractivity (Wildman–Crippen MR) is 85.5 cm³/mol. The van der Waals surface area contributed by atoms with Crippen molar-refractivity contribution < 1.29 is 8.42 Å². The van der Waals surface area contributed by atoms with E-state index >= 15 is 0 Å². The van der Waals surface area contributed by atoms with Crippen molar-refractivity contribution in [1.29, 1.82) is 0 Å². The number of hydrogen-bond acceptors (Lipinski definition) is 4. The number of sulfonamides is 1. The lowest BCUT2D eigenvalue weighted by Crippen LogP contribution is -2.40. The molecule has 22 heavy (non-hydrogen) atoms. The van der Waals surface area contributed by atoms with E-state index < -0.39 is 10.0 Å². The molecule has 1 aromatic heterocycles. The van der Waals surface area contributed by atoms with Crippen molar-refractivity contribution in [1.82, 2.24) is 9.71 Å². The van der Waals surface area contributed by atoms with E-state index in [2.05, 4.69) is 20.0 Å². The van der Waals surface area contributed by atoms with Gasteiger partial charge in [0, 0.05) is 17.4 Å². The molecule has 0 aliphatic carbocycles. The number of aromatic nitrogens is 1. The van der Waals surface area contributed by atoms with Crippen LogP contribution in [0.3, 0.4) is 0 Å². The SMILES string of the molecule is CC(N=C1Nc2ccc(Cl)cc2S(=O)(=O)N1)c1ccncc1. The monoisotopic (exact) mass is 336 g/mol. The van der Waals surface area contributed by atoms with E-state index in [-0.39, 0.29) is 16.9 Å². The largest absolute Gasteiger partial charge is 0.324 e. The van der Waals surface area contributed by atoms with Crippen LogP contribution >= 0.6 is 11.6 Å². The van der Waals surface area contributed by atoms with Gasteiger partial charge in [0.15, 0.2) is 0 Å². The molecule has 2 aromatic rings. The molecule has 0 amide bonds. The summed E-state index contributed by atoms with van der Waals surface area (Å²) in [5.74, 6) is 0.180. The number of nitrogens with one attached hydrogen (secondary N) is 2. The van der Waals surface area contributed by atoms with Gasteiger partial charge in [-0.05, 0) is 42.8 Å². The third-order valence-corrected chi connectivity index (χ3v) is 4.84. The lowest BCUT2D eigenvalue weighted by Gasteiger charge is -2.22. The van der Waals surface area contributed by atoms with Crippen LogP contribution in [0.1, 0.15) is 18.5 Å². The summed E-state index contributed by atoms with van der Waals surface area (Å²) in [6.45, 7) is 1.87. The molecule has 0 bridgehead atoms. The van der Waals surface area contributed by atoms with Gasteiger partial charge < -0.3 is 5.32 Å². The molecule has 3 rings (SSSR count). The Hall–Kier alpha value is -2.12. The van der Waals surface area contributed by atoms with Gasteiger partial charge in [0.25, 0.3) is 10.0 Å². The zero-order valence-corrected chi connectivity index (χ0v) is 13.2. The maximum Gasteiger partial charge on any atom is 0.266 e. The van der Waals surface area contributed by atoms with Crippen LogP contribution in [0.2, 0.25) is 5.02 Å². The number of aliphatic imine (C=N–C) groups is 1. The topological polar surface area (TPSA) is 83.5 Å². The number of pyridine rings is 1. The minimum atomic E-state index is -3.68. The second-order valence-corrected chi connectivity index (χ2v) is 6.89. The summed E-state index contributed by atoms with van der Waals surface area (Å²) >= 11 is 5.85. The van der Waals surface area contributed by atoms with Crippen molar-refractivity contribution in [2.45, 2.75) is 17.9 Å². The third kappa shape index (κ3) is 2.90. The summed E-state index contributed by atoms with van der Waals surface area (Å²) in [6.07, 6.45) is 3.34. The van der Waals surface area contributed by atoms with Crippen LogP contribution in [0.15, 0.2) is 52.6 Å². The third-order valence-electron chi connectivity index (χ3n) is 3.23. The average molecular weight is 337 g/mol. The molecule has 0 radical (unpaired) electrons. The van der Waals surface area contributed by atoms with E-state index in [9.17, 15) is 8.42 Å². The fraction of sp³-hybridized carbons (Fsp3) is 0.143. The number of halogens is 1. The molecular formula is C14H13ClN4O2S. The Morgan fingerprint density at radius 3 is 2.68 bits per heavy atom. The lowest BCUT2D eigenvalue weighted by atomic mass is 10.1. The first kappa shape index (κ1) is 14.8. The molecule has 1 unspecified atom stereocenters. The molecule has 1 aliphatic heterocycles. The number of hydrogen-bond donors (Lipinski definition) is 2. The maximum absolute atomic E-state index is 12.3. The van der Waals surface area contributed by atoms with Crippen LogP contribution in [-0.2, 0) is 10.0 Å². The van der Waals surface area contributed by atoms with Gasteiger partial charge in [0.2, 0.25) is 5.96 Å². The summed E-state index contributed by atoms with van der Waals surface area (Å²) in [5.41, 5.74) is 1.38. The number of nitrogens with zero attached hydrogens (tertiary/aromatic N) is 2.